The molecule has 2 aromatic carbocycles. The lowest BCUT2D eigenvalue weighted by Gasteiger charge is -2.22. The van der Waals surface area contributed by atoms with Gasteiger partial charge < -0.3 is 30.2 Å². The molecule has 3 N–H and O–H groups in total. The number of carbonyl (C=O) groups is 2. The van der Waals surface area contributed by atoms with E-state index in [1.165, 1.54) is 0 Å². The maximum Gasteiger partial charge on any atom is 0.315 e. The summed E-state index contributed by atoms with van der Waals surface area (Å²) in [5, 5.41) is 8.40. The van der Waals surface area contributed by atoms with Crippen LogP contribution in [0.2, 0.25) is 0 Å². The lowest BCUT2D eigenvalue weighted by atomic mass is 10.0. The topological polar surface area (TPSA) is 97.9 Å². The van der Waals surface area contributed by atoms with E-state index in [4.69, 9.17) is 14.2 Å². The summed E-state index contributed by atoms with van der Waals surface area (Å²) in [6.45, 7) is 4.33. The summed E-state index contributed by atoms with van der Waals surface area (Å²) in [5.74, 6) is 1.24. The third-order valence-electron chi connectivity index (χ3n) is 4.77. The highest BCUT2D eigenvalue weighted by Crippen LogP contribution is 2.34. The smallest absolute Gasteiger partial charge is 0.315 e. The van der Waals surface area contributed by atoms with Crippen molar-refractivity contribution in [3.8, 4) is 17.2 Å². The van der Waals surface area contributed by atoms with Gasteiger partial charge in [-0.25, -0.2) is 4.79 Å². The zero-order valence-electron chi connectivity index (χ0n) is 18.7. The first-order valence-corrected chi connectivity index (χ1v) is 10.0. The molecule has 31 heavy (non-hydrogen) atoms. The molecule has 0 aromatic heterocycles. The highest BCUT2D eigenvalue weighted by atomic mass is 16.5. The minimum Gasteiger partial charge on any atom is -0.496 e. The average molecular weight is 430 g/mol. The maximum atomic E-state index is 12.8. The third-order valence-corrected chi connectivity index (χ3v) is 4.77. The van der Waals surface area contributed by atoms with Gasteiger partial charge in [0.05, 0.1) is 21.3 Å². The number of hydrogen-bond acceptors (Lipinski definition) is 5. The van der Waals surface area contributed by atoms with Crippen molar-refractivity contribution in [1.29, 1.82) is 0 Å². The first kappa shape index (κ1) is 23.9. The van der Waals surface area contributed by atoms with Crippen molar-refractivity contribution >= 4 is 11.9 Å². The van der Waals surface area contributed by atoms with Crippen LogP contribution in [0.3, 0.4) is 0 Å². The van der Waals surface area contributed by atoms with E-state index in [-0.39, 0.29) is 18.4 Å². The minimum absolute atomic E-state index is 0.102. The zero-order chi connectivity index (χ0) is 22.8. The Morgan fingerprint density at radius 1 is 0.839 bits per heavy atom. The monoisotopic (exact) mass is 429 g/mol. The first-order chi connectivity index (χ1) is 14.9. The molecule has 1 unspecified atom stereocenters. The average Bonchev–Trinajstić information content (AvgIpc) is 2.79. The molecule has 0 spiro atoms. The van der Waals surface area contributed by atoms with Crippen LogP contribution in [0, 0.1) is 5.92 Å². The van der Waals surface area contributed by atoms with Gasteiger partial charge in [-0.3, -0.25) is 4.79 Å². The van der Waals surface area contributed by atoms with Crippen LogP contribution in [0.25, 0.3) is 0 Å². The predicted molar refractivity (Wildman–Crippen MR) is 118 cm³/mol. The van der Waals surface area contributed by atoms with Gasteiger partial charge in [-0.05, 0) is 17.5 Å². The fourth-order valence-electron chi connectivity index (χ4n) is 3.03. The number of amides is 3. The molecular weight excluding hydrogens is 398 g/mol. The number of carbonyl (C=O) groups excluding carboxylic acids is 2. The summed E-state index contributed by atoms with van der Waals surface area (Å²) in [6.07, 6.45) is 0. The number of nitrogens with one attached hydrogen (secondary N) is 3. The van der Waals surface area contributed by atoms with Crippen molar-refractivity contribution < 1.29 is 23.8 Å². The van der Waals surface area contributed by atoms with E-state index in [9.17, 15) is 9.59 Å². The van der Waals surface area contributed by atoms with Gasteiger partial charge in [-0.1, -0.05) is 44.2 Å². The lowest BCUT2D eigenvalue weighted by molar-refractivity contribution is -0.124. The van der Waals surface area contributed by atoms with Gasteiger partial charge in [0.15, 0.2) is 11.5 Å². The van der Waals surface area contributed by atoms with Gasteiger partial charge in [-0.15, -0.1) is 0 Å². The number of ether oxygens (including phenoxy) is 3. The predicted octanol–water partition coefficient (Wildman–Crippen LogP) is 2.85. The molecule has 1 atom stereocenters. The summed E-state index contributed by atoms with van der Waals surface area (Å²) >= 11 is 0. The largest absolute Gasteiger partial charge is 0.496 e. The van der Waals surface area contributed by atoms with Crippen LogP contribution >= 0.6 is 0 Å². The normalized spacial score (nSPS) is 11.4. The third kappa shape index (κ3) is 6.80. The van der Waals surface area contributed by atoms with Crippen LogP contribution in [0.1, 0.15) is 25.0 Å². The van der Waals surface area contributed by atoms with E-state index >= 15 is 0 Å². The number of benzene rings is 2. The Morgan fingerprint density at radius 3 is 2.03 bits per heavy atom. The van der Waals surface area contributed by atoms with Crippen molar-refractivity contribution in [2.75, 3.05) is 21.3 Å². The molecule has 0 saturated carbocycles. The molecule has 0 aliphatic heterocycles. The Morgan fingerprint density at radius 2 is 1.45 bits per heavy atom. The fourth-order valence-corrected chi connectivity index (χ4v) is 3.03. The van der Waals surface area contributed by atoms with Gasteiger partial charge in [0.1, 0.15) is 11.8 Å². The van der Waals surface area contributed by atoms with Crippen molar-refractivity contribution in [2.24, 2.45) is 5.92 Å². The summed E-state index contributed by atoms with van der Waals surface area (Å²) < 4.78 is 16.0. The van der Waals surface area contributed by atoms with E-state index < -0.39 is 12.1 Å². The van der Waals surface area contributed by atoms with Gasteiger partial charge >= 0.3 is 6.03 Å². The number of methoxy groups -OCH3 is 3. The second-order valence-electron chi connectivity index (χ2n) is 7.27. The number of hydrogen-bond donors (Lipinski definition) is 3. The summed E-state index contributed by atoms with van der Waals surface area (Å²) in [5.41, 5.74) is 1.70. The molecular formula is C23H31N3O5. The lowest BCUT2D eigenvalue weighted by Crippen LogP contribution is -2.52. The number of rotatable bonds is 10. The molecule has 168 valence electrons. The Balaban J connectivity index is 2.00. The molecule has 0 aliphatic rings. The van der Waals surface area contributed by atoms with Crippen LogP contribution in [0.4, 0.5) is 4.79 Å². The van der Waals surface area contributed by atoms with Gasteiger partial charge in [0, 0.05) is 24.7 Å². The Bertz CT molecular complexity index is 871. The molecule has 0 fully saturated rings. The van der Waals surface area contributed by atoms with E-state index in [2.05, 4.69) is 16.0 Å². The molecule has 2 aromatic rings. The summed E-state index contributed by atoms with van der Waals surface area (Å²) in [4.78, 5) is 25.1. The Labute approximate surface area is 183 Å². The SMILES string of the molecule is COc1cc(OC)c(OC)cc1CNC(=O)C(NC(=O)NCc1ccccc1)C(C)C. The first-order valence-electron chi connectivity index (χ1n) is 10.0. The van der Waals surface area contributed by atoms with Crippen LogP contribution in [-0.4, -0.2) is 39.3 Å². The molecule has 0 aliphatic carbocycles. The minimum atomic E-state index is -0.693. The molecule has 0 radical (unpaired) electrons. The standard InChI is InChI=1S/C23H31N3O5/c1-15(2)21(26-23(28)25-13-16-9-7-6-8-10-16)22(27)24-14-17-11-19(30-4)20(31-5)12-18(17)29-3/h6-12,15,21H,13-14H2,1-5H3,(H,24,27)(H2,25,26,28). The van der Waals surface area contributed by atoms with Crippen LogP contribution in [0.5, 0.6) is 17.2 Å². The van der Waals surface area contributed by atoms with Crippen molar-refractivity contribution in [1.82, 2.24) is 16.0 Å². The van der Waals surface area contributed by atoms with E-state index in [0.29, 0.717) is 23.8 Å². The quantitative estimate of drug-likeness (QED) is 0.540. The summed E-state index contributed by atoms with van der Waals surface area (Å²) in [7, 11) is 4.63. The number of urea groups is 1. The Kier molecular flexibility index (Phi) is 8.99. The van der Waals surface area contributed by atoms with E-state index in [0.717, 1.165) is 11.1 Å². The fraction of sp³-hybridized carbons (Fsp3) is 0.391. The molecule has 0 heterocycles. The van der Waals surface area contributed by atoms with E-state index in [1.807, 2.05) is 44.2 Å². The highest BCUT2D eigenvalue weighted by molar-refractivity contribution is 5.87. The molecule has 2 rings (SSSR count). The summed E-state index contributed by atoms with van der Waals surface area (Å²) in [6, 6.07) is 11.9. The van der Waals surface area contributed by atoms with Gasteiger partial charge in [0.2, 0.25) is 5.91 Å². The van der Waals surface area contributed by atoms with Crippen LogP contribution in [-0.2, 0) is 17.9 Å². The molecule has 0 saturated heterocycles. The second kappa shape index (κ2) is 11.7. The van der Waals surface area contributed by atoms with Gasteiger partial charge in [-0.2, -0.15) is 0 Å². The van der Waals surface area contributed by atoms with Gasteiger partial charge in [0.25, 0.3) is 0 Å². The van der Waals surface area contributed by atoms with E-state index in [1.54, 1.807) is 33.5 Å². The highest BCUT2D eigenvalue weighted by Gasteiger charge is 2.24. The Hall–Kier alpha value is -3.42. The van der Waals surface area contributed by atoms with Crippen LogP contribution in [0.15, 0.2) is 42.5 Å². The zero-order valence-corrected chi connectivity index (χ0v) is 18.7. The van der Waals surface area contributed by atoms with Crippen molar-refractivity contribution in [3.05, 3.63) is 53.6 Å². The molecule has 3 amide bonds. The van der Waals surface area contributed by atoms with Crippen LogP contribution < -0.4 is 30.2 Å². The maximum absolute atomic E-state index is 12.8. The second-order valence-corrected chi connectivity index (χ2v) is 7.27. The van der Waals surface area contributed by atoms with Crippen molar-refractivity contribution in [2.45, 2.75) is 33.0 Å². The molecule has 8 heteroatoms. The molecule has 0 bridgehead atoms. The van der Waals surface area contributed by atoms with Crippen molar-refractivity contribution in [3.63, 3.8) is 0 Å². The molecule has 8 nitrogen and oxygen atoms in total.